The number of rotatable bonds is 2. The van der Waals surface area contributed by atoms with Crippen LogP contribution >= 0.6 is 11.3 Å². The summed E-state index contributed by atoms with van der Waals surface area (Å²) in [6.07, 6.45) is 6.92. The third-order valence-electron chi connectivity index (χ3n) is 3.58. The van der Waals surface area contributed by atoms with Crippen molar-refractivity contribution in [1.82, 2.24) is 9.97 Å². The van der Waals surface area contributed by atoms with Gasteiger partial charge in [0.2, 0.25) is 0 Å². The van der Waals surface area contributed by atoms with Crippen molar-refractivity contribution in [3.05, 3.63) is 29.0 Å². The van der Waals surface area contributed by atoms with Gasteiger partial charge in [0.05, 0.1) is 17.2 Å². The second-order valence-corrected chi connectivity index (χ2v) is 5.78. The fourth-order valence-electron chi connectivity index (χ4n) is 2.70. The van der Waals surface area contributed by atoms with Crippen LogP contribution in [0.5, 0.6) is 0 Å². The molecule has 3 heterocycles. The molecule has 19 heavy (non-hydrogen) atoms. The number of fused-ring (bicyclic) bond motifs is 3. The fourth-order valence-corrected chi connectivity index (χ4v) is 3.96. The molecule has 1 N–H and O–H groups in total. The van der Waals surface area contributed by atoms with Gasteiger partial charge in [-0.2, -0.15) is 0 Å². The maximum absolute atomic E-state index is 5.12. The third kappa shape index (κ3) is 1.58. The normalized spacial score (nSPS) is 13.9. The molecule has 3 aromatic heterocycles. The molecule has 4 nitrogen and oxygen atoms in total. The van der Waals surface area contributed by atoms with Crippen molar-refractivity contribution in [2.75, 3.05) is 12.4 Å². The number of hydrogen-bond acceptors (Lipinski definition) is 5. The summed E-state index contributed by atoms with van der Waals surface area (Å²) < 4.78 is 5.12. The highest BCUT2D eigenvalue weighted by molar-refractivity contribution is 7.19. The van der Waals surface area contributed by atoms with E-state index in [1.165, 1.54) is 28.7 Å². The zero-order valence-corrected chi connectivity index (χ0v) is 11.4. The van der Waals surface area contributed by atoms with E-state index in [2.05, 4.69) is 10.3 Å². The molecule has 4 rings (SSSR count). The van der Waals surface area contributed by atoms with Crippen molar-refractivity contribution < 1.29 is 4.42 Å². The summed E-state index contributed by atoms with van der Waals surface area (Å²) in [5, 5.41) is 4.43. The molecule has 0 spiro atoms. The Morgan fingerprint density at radius 1 is 1.32 bits per heavy atom. The van der Waals surface area contributed by atoms with E-state index in [0.717, 1.165) is 28.5 Å². The molecule has 0 radical (unpaired) electrons. The molecule has 0 saturated heterocycles. The lowest BCUT2D eigenvalue weighted by molar-refractivity contribution is 0.568. The second-order valence-electron chi connectivity index (χ2n) is 4.70. The first-order valence-electron chi connectivity index (χ1n) is 6.39. The Morgan fingerprint density at radius 2 is 2.26 bits per heavy atom. The van der Waals surface area contributed by atoms with E-state index in [-0.39, 0.29) is 0 Å². The summed E-state index contributed by atoms with van der Waals surface area (Å²) in [4.78, 5) is 11.9. The monoisotopic (exact) mass is 271 g/mol. The van der Waals surface area contributed by atoms with Crippen LogP contribution in [0, 0.1) is 0 Å². The van der Waals surface area contributed by atoms with Crippen molar-refractivity contribution in [3.63, 3.8) is 0 Å². The Morgan fingerprint density at radius 3 is 3.05 bits per heavy atom. The van der Waals surface area contributed by atoms with Crippen molar-refractivity contribution in [1.29, 1.82) is 0 Å². The molecule has 0 aromatic carbocycles. The molecule has 3 aromatic rings. The molecule has 0 amide bonds. The molecular formula is C14H13N3OS. The van der Waals surface area contributed by atoms with Gasteiger partial charge >= 0.3 is 0 Å². The van der Waals surface area contributed by atoms with Crippen LogP contribution in [0.15, 0.2) is 23.0 Å². The van der Waals surface area contributed by atoms with E-state index in [1.54, 1.807) is 23.9 Å². The Bertz CT molecular complexity index is 746. The quantitative estimate of drug-likeness (QED) is 0.775. The molecule has 1 aliphatic carbocycles. The number of aromatic nitrogens is 2. The molecular weight excluding hydrogens is 258 g/mol. The average molecular weight is 271 g/mol. The van der Waals surface area contributed by atoms with E-state index in [1.807, 2.05) is 13.1 Å². The Hall–Kier alpha value is -1.88. The van der Waals surface area contributed by atoms with Crippen LogP contribution in [0.2, 0.25) is 0 Å². The number of hydrogen-bond donors (Lipinski definition) is 1. The minimum absolute atomic E-state index is 0.727. The molecule has 0 fully saturated rings. The maximum atomic E-state index is 5.12. The summed E-state index contributed by atoms with van der Waals surface area (Å²) in [7, 11) is 1.92. The van der Waals surface area contributed by atoms with Crippen LogP contribution < -0.4 is 5.32 Å². The summed E-state index contributed by atoms with van der Waals surface area (Å²) >= 11 is 1.81. The molecule has 0 unspecified atom stereocenters. The molecule has 96 valence electrons. The largest absolute Gasteiger partial charge is 0.472 e. The topological polar surface area (TPSA) is 51.0 Å². The lowest BCUT2D eigenvalue weighted by Crippen LogP contribution is -1.98. The zero-order chi connectivity index (χ0) is 12.8. The van der Waals surface area contributed by atoms with Crippen molar-refractivity contribution in [3.8, 4) is 11.4 Å². The van der Waals surface area contributed by atoms with E-state index in [9.17, 15) is 0 Å². The molecule has 0 atom stereocenters. The zero-order valence-electron chi connectivity index (χ0n) is 10.6. The van der Waals surface area contributed by atoms with E-state index in [0.29, 0.717) is 0 Å². The van der Waals surface area contributed by atoms with Crippen LogP contribution in [-0.4, -0.2) is 17.0 Å². The number of thiophene rings is 1. The maximum Gasteiger partial charge on any atom is 0.166 e. The second kappa shape index (κ2) is 4.06. The van der Waals surface area contributed by atoms with Gasteiger partial charge in [0, 0.05) is 11.9 Å². The van der Waals surface area contributed by atoms with Crippen molar-refractivity contribution >= 4 is 27.4 Å². The van der Waals surface area contributed by atoms with E-state index in [4.69, 9.17) is 9.40 Å². The third-order valence-corrected chi connectivity index (χ3v) is 4.77. The Labute approximate surface area is 114 Å². The first-order chi connectivity index (χ1) is 9.36. The number of anilines is 1. The lowest BCUT2D eigenvalue weighted by atomic mass is 10.2. The summed E-state index contributed by atoms with van der Waals surface area (Å²) in [5.74, 6) is 1.66. The van der Waals surface area contributed by atoms with Crippen molar-refractivity contribution in [2.24, 2.45) is 0 Å². The average Bonchev–Trinajstić information content (AvgIpc) is 3.13. The lowest BCUT2D eigenvalue weighted by Gasteiger charge is -2.05. The summed E-state index contributed by atoms with van der Waals surface area (Å²) in [5.41, 5.74) is 2.37. The van der Waals surface area contributed by atoms with Gasteiger partial charge < -0.3 is 9.73 Å². The number of aryl methyl sites for hydroxylation is 2. The predicted octanol–water partition coefficient (Wildman–Crippen LogP) is 3.48. The highest BCUT2D eigenvalue weighted by Crippen LogP contribution is 2.40. The van der Waals surface area contributed by atoms with Gasteiger partial charge in [-0.05, 0) is 30.9 Å². The standard InChI is InChI=1S/C14H13N3OS/c1-15-13-11-9-3-2-4-10(9)19-14(11)17-12(16-13)8-5-6-18-7-8/h5-7H,2-4H2,1H3,(H,15,16,17). The van der Waals surface area contributed by atoms with Crippen LogP contribution in [0.1, 0.15) is 16.9 Å². The van der Waals surface area contributed by atoms with Crippen LogP contribution in [-0.2, 0) is 12.8 Å². The highest BCUT2D eigenvalue weighted by atomic mass is 32.1. The molecule has 0 saturated carbocycles. The smallest absolute Gasteiger partial charge is 0.166 e. The van der Waals surface area contributed by atoms with Gasteiger partial charge in [-0.25, -0.2) is 9.97 Å². The number of nitrogens with zero attached hydrogens (tertiary/aromatic N) is 2. The highest BCUT2D eigenvalue weighted by Gasteiger charge is 2.22. The van der Waals surface area contributed by atoms with Crippen LogP contribution in [0.4, 0.5) is 5.82 Å². The molecule has 5 heteroatoms. The molecule has 0 bridgehead atoms. The van der Waals surface area contributed by atoms with Gasteiger partial charge in [-0.15, -0.1) is 11.3 Å². The van der Waals surface area contributed by atoms with Gasteiger partial charge in [0.25, 0.3) is 0 Å². The summed E-state index contributed by atoms with van der Waals surface area (Å²) in [6.45, 7) is 0. The van der Waals surface area contributed by atoms with Gasteiger partial charge in [0.1, 0.15) is 16.9 Å². The van der Waals surface area contributed by atoms with Crippen molar-refractivity contribution in [2.45, 2.75) is 19.3 Å². The first-order valence-corrected chi connectivity index (χ1v) is 7.21. The summed E-state index contributed by atoms with van der Waals surface area (Å²) in [6, 6.07) is 1.89. The first kappa shape index (κ1) is 11.0. The van der Waals surface area contributed by atoms with Gasteiger partial charge in [-0.1, -0.05) is 0 Å². The number of nitrogens with one attached hydrogen (secondary N) is 1. The van der Waals surface area contributed by atoms with Gasteiger partial charge in [-0.3, -0.25) is 0 Å². The molecule has 0 aliphatic heterocycles. The minimum atomic E-state index is 0.727. The number of furan rings is 1. The van der Waals surface area contributed by atoms with Crippen LogP contribution in [0.3, 0.4) is 0 Å². The predicted molar refractivity (Wildman–Crippen MR) is 76.7 cm³/mol. The van der Waals surface area contributed by atoms with Crippen LogP contribution in [0.25, 0.3) is 21.6 Å². The fraction of sp³-hybridized carbons (Fsp3) is 0.286. The minimum Gasteiger partial charge on any atom is -0.472 e. The molecule has 1 aliphatic rings. The Kier molecular flexibility index (Phi) is 2.35. The van der Waals surface area contributed by atoms with E-state index < -0.39 is 0 Å². The SMILES string of the molecule is CNc1nc(-c2ccoc2)nc2sc3c(c12)CCC3. The Balaban J connectivity index is 2.01. The van der Waals surface area contributed by atoms with Gasteiger partial charge in [0.15, 0.2) is 5.82 Å². The van der Waals surface area contributed by atoms with E-state index >= 15 is 0 Å².